The Balaban J connectivity index is 2.24. The number of rotatable bonds is 4. The van der Waals surface area contributed by atoms with Gasteiger partial charge < -0.3 is 13.8 Å². The fourth-order valence-electron chi connectivity index (χ4n) is 1.45. The molecule has 2 heterocycles. The van der Waals surface area contributed by atoms with Crippen molar-refractivity contribution in [1.29, 1.82) is 5.26 Å². The molecule has 0 aliphatic heterocycles. The van der Waals surface area contributed by atoms with Gasteiger partial charge in [-0.15, -0.1) is 0 Å². The van der Waals surface area contributed by atoms with Crippen molar-refractivity contribution < 1.29 is 9.26 Å². The van der Waals surface area contributed by atoms with Gasteiger partial charge in [-0.05, 0) is 13.0 Å². The summed E-state index contributed by atoms with van der Waals surface area (Å²) >= 11 is 0. The zero-order valence-electron chi connectivity index (χ0n) is 9.67. The average molecular weight is 232 g/mol. The lowest BCUT2D eigenvalue weighted by Crippen LogP contribution is -1.94. The van der Waals surface area contributed by atoms with Crippen molar-refractivity contribution in [3.05, 3.63) is 23.7 Å². The lowest BCUT2D eigenvalue weighted by Gasteiger charge is -1.94. The summed E-state index contributed by atoms with van der Waals surface area (Å²) in [4.78, 5) is 4.19. The summed E-state index contributed by atoms with van der Waals surface area (Å²) in [5.41, 5.74) is 1.28. The van der Waals surface area contributed by atoms with E-state index < -0.39 is 0 Å². The van der Waals surface area contributed by atoms with Crippen LogP contribution in [0.15, 0.2) is 16.8 Å². The van der Waals surface area contributed by atoms with Crippen LogP contribution in [0.4, 0.5) is 0 Å². The Kier molecular flexibility index (Phi) is 3.21. The Morgan fingerprint density at radius 2 is 2.41 bits per heavy atom. The number of nitrogens with zero attached hydrogens (tertiary/aromatic N) is 4. The lowest BCUT2D eigenvalue weighted by molar-refractivity contribution is 0.126. The van der Waals surface area contributed by atoms with Gasteiger partial charge in [-0.1, -0.05) is 5.16 Å². The van der Waals surface area contributed by atoms with E-state index in [0.717, 1.165) is 5.69 Å². The summed E-state index contributed by atoms with van der Waals surface area (Å²) < 4.78 is 12.1. The number of hydrogen-bond donors (Lipinski definition) is 0. The van der Waals surface area contributed by atoms with Crippen LogP contribution in [-0.2, 0) is 18.4 Å². The van der Waals surface area contributed by atoms with E-state index in [9.17, 15) is 0 Å². The zero-order chi connectivity index (χ0) is 12.3. The Morgan fingerprint density at radius 3 is 3.06 bits per heavy atom. The molecule has 0 aliphatic rings. The maximum absolute atomic E-state index is 8.79. The third-order valence-corrected chi connectivity index (χ3v) is 2.26. The molecule has 17 heavy (non-hydrogen) atoms. The SMILES string of the molecule is CCOCc1noc(-c2cc(C#N)cn2C)n1. The third-order valence-electron chi connectivity index (χ3n) is 2.26. The highest BCUT2D eigenvalue weighted by Gasteiger charge is 2.13. The summed E-state index contributed by atoms with van der Waals surface area (Å²) in [5, 5.41) is 12.6. The molecule has 6 nitrogen and oxygen atoms in total. The van der Waals surface area contributed by atoms with E-state index in [0.29, 0.717) is 30.5 Å². The van der Waals surface area contributed by atoms with Crippen molar-refractivity contribution in [3.63, 3.8) is 0 Å². The van der Waals surface area contributed by atoms with Gasteiger partial charge in [0, 0.05) is 19.9 Å². The average Bonchev–Trinajstić information content (AvgIpc) is 2.92. The molecular formula is C11H12N4O2. The second-order valence-corrected chi connectivity index (χ2v) is 3.49. The van der Waals surface area contributed by atoms with Crippen molar-refractivity contribution in [2.24, 2.45) is 7.05 Å². The molecule has 0 atom stereocenters. The summed E-state index contributed by atoms with van der Waals surface area (Å²) in [6.07, 6.45) is 1.71. The maximum atomic E-state index is 8.79. The van der Waals surface area contributed by atoms with Crippen LogP contribution in [0, 0.1) is 11.3 Å². The van der Waals surface area contributed by atoms with Crippen LogP contribution < -0.4 is 0 Å². The van der Waals surface area contributed by atoms with Gasteiger partial charge in [-0.25, -0.2) is 0 Å². The van der Waals surface area contributed by atoms with E-state index in [1.165, 1.54) is 0 Å². The topological polar surface area (TPSA) is 76.9 Å². The molecule has 88 valence electrons. The van der Waals surface area contributed by atoms with E-state index in [2.05, 4.69) is 16.2 Å². The van der Waals surface area contributed by atoms with Crippen molar-refractivity contribution in [3.8, 4) is 17.7 Å². The fraction of sp³-hybridized carbons (Fsp3) is 0.364. The Morgan fingerprint density at radius 1 is 1.59 bits per heavy atom. The van der Waals surface area contributed by atoms with Crippen LogP contribution in [0.2, 0.25) is 0 Å². The second-order valence-electron chi connectivity index (χ2n) is 3.49. The maximum Gasteiger partial charge on any atom is 0.274 e. The number of nitriles is 1. The highest BCUT2D eigenvalue weighted by atomic mass is 16.5. The standard InChI is InChI=1S/C11H12N4O2/c1-3-16-7-10-13-11(17-14-10)9-4-8(5-12)6-15(9)2/h4,6H,3,7H2,1-2H3. The molecule has 0 bridgehead atoms. The smallest absolute Gasteiger partial charge is 0.274 e. The monoisotopic (exact) mass is 232 g/mol. The highest BCUT2D eigenvalue weighted by molar-refractivity contribution is 5.52. The summed E-state index contributed by atoms with van der Waals surface area (Å²) in [7, 11) is 1.82. The minimum absolute atomic E-state index is 0.329. The minimum atomic E-state index is 0.329. The van der Waals surface area contributed by atoms with Crippen molar-refractivity contribution in [2.45, 2.75) is 13.5 Å². The van der Waals surface area contributed by atoms with Crippen LogP contribution in [-0.4, -0.2) is 21.3 Å². The van der Waals surface area contributed by atoms with Gasteiger partial charge in [0.25, 0.3) is 5.89 Å². The molecule has 0 aliphatic carbocycles. The summed E-state index contributed by atoms with van der Waals surface area (Å²) in [5.74, 6) is 0.894. The second kappa shape index (κ2) is 4.80. The predicted octanol–water partition coefficient (Wildman–Crippen LogP) is 1.48. The molecule has 2 aromatic heterocycles. The minimum Gasteiger partial charge on any atom is -0.374 e. The Bertz CT molecular complexity index is 550. The van der Waals surface area contributed by atoms with E-state index in [1.807, 2.05) is 14.0 Å². The van der Waals surface area contributed by atoms with E-state index in [4.69, 9.17) is 14.5 Å². The first-order valence-corrected chi connectivity index (χ1v) is 5.21. The number of aromatic nitrogens is 3. The first-order valence-electron chi connectivity index (χ1n) is 5.21. The van der Waals surface area contributed by atoms with E-state index in [-0.39, 0.29) is 0 Å². The molecule has 0 saturated carbocycles. The largest absolute Gasteiger partial charge is 0.374 e. The quantitative estimate of drug-likeness (QED) is 0.798. The van der Waals surface area contributed by atoms with Crippen LogP contribution in [0.25, 0.3) is 11.6 Å². The van der Waals surface area contributed by atoms with Crippen molar-refractivity contribution >= 4 is 0 Å². The molecule has 0 amide bonds. The zero-order valence-corrected chi connectivity index (χ0v) is 9.67. The van der Waals surface area contributed by atoms with Gasteiger partial charge in [0.05, 0.1) is 5.56 Å². The number of ether oxygens (including phenoxy) is 1. The third kappa shape index (κ3) is 2.34. The molecule has 2 aromatic rings. The Hall–Kier alpha value is -2.13. The lowest BCUT2D eigenvalue weighted by atomic mass is 10.3. The molecule has 0 spiro atoms. The van der Waals surface area contributed by atoms with Gasteiger partial charge in [0.15, 0.2) is 5.82 Å². The molecule has 0 aromatic carbocycles. The summed E-state index contributed by atoms with van der Waals surface area (Å²) in [6.45, 7) is 2.83. The highest BCUT2D eigenvalue weighted by Crippen LogP contribution is 2.19. The molecule has 6 heteroatoms. The molecule has 0 radical (unpaired) electrons. The van der Waals surface area contributed by atoms with Crippen molar-refractivity contribution in [1.82, 2.24) is 14.7 Å². The van der Waals surface area contributed by atoms with Crippen molar-refractivity contribution in [2.75, 3.05) is 6.61 Å². The molecule has 2 rings (SSSR count). The first kappa shape index (κ1) is 11.4. The molecular weight excluding hydrogens is 220 g/mol. The van der Waals surface area contributed by atoms with E-state index >= 15 is 0 Å². The van der Waals surface area contributed by atoms with Crippen LogP contribution >= 0.6 is 0 Å². The van der Waals surface area contributed by atoms with E-state index in [1.54, 1.807) is 16.8 Å². The van der Waals surface area contributed by atoms with Crippen LogP contribution in [0.5, 0.6) is 0 Å². The molecule has 0 N–H and O–H groups in total. The number of hydrogen-bond acceptors (Lipinski definition) is 5. The molecule has 0 fully saturated rings. The van der Waals surface area contributed by atoms with Gasteiger partial charge in [0.1, 0.15) is 18.4 Å². The van der Waals surface area contributed by atoms with Gasteiger partial charge in [0.2, 0.25) is 0 Å². The Labute approximate surface area is 98.4 Å². The normalized spacial score (nSPS) is 10.4. The molecule has 0 saturated heterocycles. The fourth-order valence-corrected chi connectivity index (χ4v) is 1.45. The predicted molar refractivity (Wildman–Crippen MR) is 58.8 cm³/mol. The molecule has 0 unspecified atom stereocenters. The number of aryl methyl sites for hydroxylation is 1. The van der Waals surface area contributed by atoms with Crippen LogP contribution in [0.1, 0.15) is 18.3 Å². The van der Waals surface area contributed by atoms with Gasteiger partial charge >= 0.3 is 0 Å². The first-order chi connectivity index (χ1) is 8.24. The van der Waals surface area contributed by atoms with Gasteiger partial charge in [-0.3, -0.25) is 0 Å². The van der Waals surface area contributed by atoms with Crippen LogP contribution in [0.3, 0.4) is 0 Å². The van der Waals surface area contributed by atoms with Gasteiger partial charge in [-0.2, -0.15) is 10.2 Å². The summed E-state index contributed by atoms with van der Waals surface area (Å²) in [6, 6.07) is 3.77.